The predicted molar refractivity (Wildman–Crippen MR) is 60.1 cm³/mol. The first-order valence-corrected chi connectivity index (χ1v) is 9.37. The lowest BCUT2D eigenvalue weighted by molar-refractivity contribution is 0.801. The molecule has 0 rings (SSSR count). The highest BCUT2D eigenvalue weighted by molar-refractivity contribution is 8.05. The largest absolute Gasteiger partial charge is 0.353 e. The van der Waals surface area contributed by atoms with E-state index in [1.807, 2.05) is 6.92 Å². The van der Waals surface area contributed by atoms with Crippen molar-refractivity contribution in [3.05, 3.63) is 0 Å². The van der Waals surface area contributed by atoms with Gasteiger partial charge in [-0.25, -0.2) is 0 Å². The molecule has 0 aromatic carbocycles. The molecule has 0 aliphatic heterocycles. The second-order valence-corrected chi connectivity index (χ2v) is 15.1. The van der Waals surface area contributed by atoms with Crippen LogP contribution in [0.5, 0.6) is 0 Å². The zero-order valence-corrected chi connectivity index (χ0v) is 11.2. The topological polar surface area (TPSA) is 0 Å². The standard InChI is InChI=1S/C6H13Cl3SSi/c1-5(11(7,8)9)10-6(2,3)4/h5H,1-4H3. The highest BCUT2D eigenvalue weighted by Crippen LogP contribution is 2.38. The smallest absolute Gasteiger partial charge is 0.152 e. The van der Waals surface area contributed by atoms with Crippen molar-refractivity contribution in [3.8, 4) is 0 Å². The van der Waals surface area contributed by atoms with Crippen LogP contribution in [-0.4, -0.2) is 15.6 Å². The van der Waals surface area contributed by atoms with Gasteiger partial charge in [0.05, 0.1) is 0 Å². The van der Waals surface area contributed by atoms with Gasteiger partial charge in [0.1, 0.15) is 0 Å². The number of rotatable bonds is 2. The van der Waals surface area contributed by atoms with Crippen LogP contribution >= 0.6 is 45.0 Å². The molecule has 1 atom stereocenters. The third-order valence-electron chi connectivity index (χ3n) is 0.991. The lowest BCUT2D eigenvalue weighted by Crippen LogP contribution is -2.29. The van der Waals surface area contributed by atoms with Gasteiger partial charge in [-0.15, -0.1) is 33.2 Å². The Labute approximate surface area is 88.1 Å². The fourth-order valence-electron chi connectivity index (χ4n) is 0.597. The molecule has 0 saturated carbocycles. The van der Waals surface area contributed by atoms with E-state index in [1.165, 1.54) is 0 Å². The van der Waals surface area contributed by atoms with Crippen molar-refractivity contribution in [1.82, 2.24) is 0 Å². The molecule has 0 aliphatic rings. The highest BCUT2D eigenvalue weighted by atomic mass is 35.8. The van der Waals surface area contributed by atoms with Crippen molar-refractivity contribution in [3.63, 3.8) is 0 Å². The third kappa shape index (κ3) is 6.58. The van der Waals surface area contributed by atoms with Gasteiger partial charge in [-0.1, -0.05) is 27.7 Å². The summed E-state index contributed by atoms with van der Waals surface area (Å²) in [4.78, 5) is 0.160. The Hall–Kier alpha value is 1.44. The summed E-state index contributed by atoms with van der Waals surface area (Å²) in [6.07, 6.45) is 0. The zero-order chi connectivity index (χ0) is 9.28. The highest BCUT2D eigenvalue weighted by Gasteiger charge is 2.36. The van der Waals surface area contributed by atoms with Crippen molar-refractivity contribution in [2.45, 2.75) is 37.3 Å². The fourth-order valence-corrected chi connectivity index (χ4v) is 4.46. The molecule has 0 aliphatic carbocycles. The van der Waals surface area contributed by atoms with Gasteiger partial charge in [-0.3, -0.25) is 0 Å². The monoisotopic (exact) mass is 250 g/mol. The molecule has 0 aromatic rings. The molecule has 1 unspecified atom stereocenters. The third-order valence-corrected chi connectivity index (χ3v) is 8.50. The predicted octanol–water partition coefficient (Wildman–Crippen LogP) is 4.10. The van der Waals surface area contributed by atoms with Crippen molar-refractivity contribution < 1.29 is 0 Å². The molecule has 0 amide bonds. The van der Waals surface area contributed by atoms with E-state index in [0.717, 1.165) is 0 Å². The van der Waals surface area contributed by atoms with Crippen LogP contribution in [0.2, 0.25) is 0 Å². The Bertz CT molecular complexity index is 127. The number of thioether (sulfide) groups is 1. The number of hydrogen-bond acceptors (Lipinski definition) is 1. The molecule has 11 heavy (non-hydrogen) atoms. The van der Waals surface area contributed by atoms with E-state index < -0.39 is 6.00 Å². The van der Waals surface area contributed by atoms with Gasteiger partial charge in [-0.2, -0.15) is 11.8 Å². The van der Waals surface area contributed by atoms with Gasteiger partial charge in [-0.05, 0) is 0 Å². The fraction of sp³-hybridized carbons (Fsp3) is 1.00. The minimum atomic E-state index is -2.49. The van der Waals surface area contributed by atoms with Gasteiger partial charge >= 0.3 is 6.00 Å². The van der Waals surface area contributed by atoms with Crippen LogP contribution in [-0.2, 0) is 0 Å². The van der Waals surface area contributed by atoms with Gasteiger partial charge in [0.15, 0.2) is 0 Å². The van der Waals surface area contributed by atoms with Crippen LogP contribution in [0.4, 0.5) is 0 Å². The summed E-state index contributed by atoms with van der Waals surface area (Å²) in [6, 6.07) is -2.49. The second-order valence-electron chi connectivity index (χ2n) is 3.41. The molecule has 0 bridgehead atoms. The SMILES string of the molecule is CC(SC(C)(C)C)[Si](Cl)(Cl)Cl. The molecule has 0 heterocycles. The van der Waals surface area contributed by atoms with Crippen molar-refractivity contribution in [2.75, 3.05) is 0 Å². The van der Waals surface area contributed by atoms with Gasteiger partial charge < -0.3 is 0 Å². The second kappa shape index (κ2) is 4.10. The van der Waals surface area contributed by atoms with Crippen LogP contribution in [0.3, 0.4) is 0 Å². The average molecular weight is 252 g/mol. The average Bonchev–Trinajstić information content (AvgIpc) is 1.56. The first-order valence-electron chi connectivity index (χ1n) is 3.37. The minimum absolute atomic E-state index is 0.160. The molecule has 0 fully saturated rings. The quantitative estimate of drug-likeness (QED) is 0.526. The number of halogens is 3. The molecule has 68 valence electrons. The maximum Gasteiger partial charge on any atom is 0.353 e. The van der Waals surface area contributed by atoms with E-state index in [9.17, 15) is 0 Å². The summed E-state index contributed by atoms with van der Waals surface area (Å²) in [5, 5.41) is 0. The molecular weight excluding hydrogens is 239 g/mol. The van der Waals surface area contributed by atoms with Crippen LogP contribution < -0.4 is 0 Å². The van der Waals surface area contributed by atoms with Crippen LogP contribution in [0, 0.1) is 0 Å². The Kier molecular flexibility index (Phi) is 4.63. The van der Waals surface area contributed by atoms with Gasteiger partial charge in [0.2, 0.25) is 0 Å². The van der Waals surface area contributed by atoms with E-state index >= 15 is 0 Å². The Morgan fingerprint density at radius 2 is 1.55 bits per heavy atom. The number of hydrogen-bond donors (Lipinski definition) is 0. The van der Waals surface area contributed by atoms with Crippen LogP contribution in [0.1, 0.15) is 27.7 Å². The van der Waals surface area contributed by atoms with Crippen molar-refractivity contribution in [1.29, 1.82) is 0 Å². The molecule has 0 N–H and O–H groups in total. The molecule has 5 heteroatoms. The summed E-state index contributed by atoms with van der Waals surface area (Å²) < 4.78 is 0.177. The van der Waals surface area contributed by atoms with Crippen LogP contribution in [0.25, 0.3) is 0 Å². The van der Waals surface area contributed by atoms with Gasteiger partial charge in [0, 0.05) is 9.62 Å². The Balaban J connectivity index is 3.99. The summed E-state index contributed by atoms with van der Waals surface area (Å²) in [7, 11) is 0. The van der Waals surface area contributed by atoms with Crippen molar-refractivity contribution in [2.24, 2.45) is 0 Å². The molecular formula is C6H13Cl3SSi. The first kappa shape index (κ1) is 12.4. The van der Waals surface area contributed by atoms with E-state index in [-0.39, 0.29) is 9.62 Å². The zero-order valence-electron chi connectivity index (χ0n) is 7.12. The molecule has 0 saturated heterocycles. The Morgan fingerprint density at radius 3 is 1.64 bits per heavy atom. The van der Waals surface area contributed by atoms with Crippen molar-refractivity contribution >= 4 is 51.0 Å². The van der Waals surface area contributed by atoms with Gasteiger partial charge in [0.25, 0.3) is 0 Å². The lowest BCUT2D eigenvalue weighted by atomic mass is 10.3. The Morgan fingerprint density at radius 1 is 1.18 bits per heavy atom. The lowest BCUT2D eigenvalue weighted by Gasteiger charge is -2.25. The minimum Gasteiger partial charge on any atom is -0.152 e. The van der Waals surface area contributed by atoms with E-state index in [0.29, 0.717) is 0 Å². The summed E-state index contributed by atoms with van der Waals surface area (Å²) in [6.45, 7) is 8.35. The first-order chi connectivity index (χ1) is 4.63. The maximum absolute atomic E-state index is 5.84. The molecule has 0 nitrogen and oxygen atoms in total. The summed E-state index contributed by atoms with van der Waals surface area (Å²) in [5.41, 5.74) is 0. The van der Waals surface area contributed by atoms with E-state index in [1.54, 1.807) is 11.8 Å². The maximum atomic E-state index is 5.84. The van der Waals surface area contributed by atoms with Crippen LogP contribution in [0.15, 0.2) is 0 Å². The molecule has 0 spiro atoms. The van der Waals surface area contributed by atoms with E-state index in [4.69, 9.17) is 33.2 Å². The summed E-state index contributed by atoms with van der Waals surface area (Å²) >= 11 is 19.2. The molecule has 0 aromatic heterocycles. The normalized spacial score (nSPS) is 16.6. The summed E-state index contributed by atoms with van der Waals surface area (Å²) in [5.74, 6) is 0. The van der Waals surface area contributed by atoms with E-state index in [2.05, 4.69) is 20.8 Å². The molecule has 0 radical (unpaired) electrons.